The zero-order valence-corrected chi connectivity index (χ0v) is 20.1. The van der Waals surface area contributed by atoms with Crippen LogP contribution in [0.1, 0.15) is 18.4 Å². The van der Waals surface area contributed by atoms with Crippen LogP contribution in [0.4, 0.5) is 0 Å². The van der Waals surface area contributed by atoms with Gasteiger partial charge >= 0.3 is 0 Å². The number of likely N-dealkylation sites (tertiary alicyclic amines) is 1. The molecule has 1 heterocycles. The molecular formula is C24H29NO7S. The van der Waals surface area contributed by atoms with E-state index >= 15 is 0 Å². The van der Waals surface area contributed by atoms with Gasteiger partial charge in [0.15, 0.2) is 21.3 Å². The maximum absolute atomic E-state index is 13.0. The van der Waals surface area contributed by atoms with Gasteiger partial charge in [0.2, 0.25) is 11.7 Å². The first kappa shape index (κ1) is 24.4. The van der Waals surface area contributed by atoms with Crippen molar-refractivity contribution in [3.63, 3.8) is 0 Å². The van der Waals surface area contributed by atoms with E-state index in [0.29, 0.717) is 48.9 Å². The Morgan fingerprint density at radius 1 is 0.909 bits per heavy atom. The van der Waals surface area contributed by atoms with Gasteiger partial charge < -0.3 is 23.8 Å². The molecule has 2 aromatic rings. The van der Waals surface area contributed by atoms with Crippen LogP contribution in [0.15, 0.2) is 47.4 Å². The van der Waals surface area contributed by atoms with Crippen LogP contribution < -0.4 is 18.9 Å². The average molecular weight is 476 g/mol. The van der Waals surface area contributed by atoms with Crippen molar-refractivity contribution in [3.8, 4) is 23.0 Å². The van der Waals surface area contributed by atoms with E-state index in [0.717, 1.165) is 5.56 Å². The Balaban J connectivity index is 1.65. The molecule has 9 heteroatoms. The minimum Gasteiger partial charge on any atom is -0.497 e. The highest BCUT2D eigenvalue weighted by Gasteiger charge is 2.32. The molecule has 8 nitrogen and oxygen atoms in total. The minimum atomic E-state index is -3.46. The van der Waals surface area contributed by atoms with Crippen LogP contribution in [0.2, 0.25) is 0 Å². The number of piperidine rings is 1. The molecule has 1 aliphatic rings. The van der Waals surface area contributed by atoms with Crippen LogP contribution in [-0.2, 0) is 14.6 Å². The summed E-state index contributed by atoms with van der Waals surface area (Å²) in [5.74, 6) is 1.89. The van der Waals surface area contributed by atoms with E-state index in [-0.39, 0.29) is 10.8 Å². The number of carbonyl (C=O) groups excluding carboxylic acids is 1. The molecule has 178 valence electrons. The number of hydrogen-bond donors (Lipinski definition) is 0. The van der Waals surface area contributed by atoms with E-state index in [4.69, 9.17) is 18.9 Å². The van der Waals surface area contributed by atoms with Gasteiger partial charge in [-0.1, -0.05) is 0 Å². The summed E-state index contributed by atoms with van der Waals surface area (Å²) in [5, 5.41) is -0.519. The molecule has 3 rings (SSSR count). The highest BCUT2D eigenvalue weighted by Crippen LogP contribution is 2.38. The normalized spacial score (nSPS) is 14.8. The second kappa shape index (κ2) is 10.6. The summed E-state index contributed by atoms with van der Waals surface area (Å²) in [7, 11) is 2.65. The average Bonchev–Trinajstić information content (AvgIpc) is 2.86. The second-order valence-corrected chi connectivity index (χ2v) is 9.77. The number of rotatable bonds is 8. The molecule has 0 aromatic heterocycles. The number of methoxy groups -OCH3 is 4. The van der Waals surface area contributed by atoms with Crippen LogP contribution in [0.25, 0.3) is 6.08 Å². The highest BCUT2D eigenvalue weighted by atomic mass is 32.2. The van der Waals surface area contributed by atoms with E-state index in [1.807, 2.05) is 0 Å². The Labute approximate surface area is 194 Å². The maximum atomic E-state index is 13.0. The van der Waals surface area contributed by atoms with Gasteiger partial charge in [0, 0.05) is 19.2 Å². The zero-order chi connectivity index (χ0) is 24.0. The molecule has 0 N–H and O–H groups in total. The summed E-state index contributed by atoms with van der Waals surface area (Å²) >= 11 is 0. The van der Waals surface area contributed by atoms with Gasteiger partial charge in [-0.25, -0.2) is 8.42 Å². The maximum Gasteiger partial charge on any atom is 0.246 e. The quantitative estimate of drug-likeness (QED) is 0.542. The Bertz CT molecular complexity index is 1080. The van der Waals surface area contributed by atoms with Crippen molar-refractivity contribution in [1.82, 2.24) is 4.90 Å². The van der Waals surface area contributed by atoms with Crippen molar-refractivity contribution in [3.05, 3.63) is 48.0 Å². The van der Waals surface area contributed by atoms with Crippen LogP contribution >= 0.6 is 0 Å². The van der Waals surface area contributed by atoms with Gasteiger partial charge in [0.1, 0.15) is 5.75 Å². The number of hydrogen-bond acceptors (Lipinski definition) is 7. The smallest absolute Gasteiger partial charge is 0.246 e. The molecule has 1 fully saturated rings. The molecule has 0 radical (unpaired) electrons. The molecule has 0 atom stereocenters. The number of nitrogens with zero attached hydrogens (tertiary/aromatic N) is 1. The third-order valence-electron chi connectivity index (χ3n) is 5.69. The second-order valence-electron chi connectivity index (χ2n) is 7.54. The lowest BCUT2D eigenvalue weighted by Gasteiger charge is -2.31. The fourth-order valence-corrected chi connectivity index (χ4v) is 5.55. The van der Waals surface area contributed by atoms with Gasteiger partial charge in [0.05, 0.1) is 38.6 Å². The van der Waals surface area contributed by atoms with Crippen LogP contribution in [0.3, 0.4) is 0 Å². The summed E-state index contributed by atoms with van der Waals surface area (Å²) in [6.45, 7) is 0.747. The highest BCUT2D eigenvalue weighted by molar-refractivity contribution is 7.92. The lowest BCUT2D eigenvalue weighted by molar-refractivity contribution is -0.126. The predicted octanol–water partition coefficient (Wildman–Crippen LogP) is 3.20. The zero-order valence-electron chi connectivity index (χ0n) is 19.2. The van der Waals surface area contributed by atoms with Crippen LogP contribution in [0.5, 0.6) is 23.0 Å². The summed E-state index contributed by atoms with van der Waals surface area (Å²) < 4.78 is 47.0. The summed E-state index contributed by atoms with van der Waals surface area (Å²) in [6, 6.07) is 9.90. The summed E-state index contributed by atoms with van der Waals surface area (Å²) in [6.07, 6.45) is 3.92. The predicted molar refractivity (Wildman–Crippen MR) is 125 cm³/mol. The van der Waals surface area contributed by atoms with Crippen molar-refractivity contribution >= 4 is 21.8 Å². The fraction of sp³-hybridized carbons (Fsp3) is 0.375. The molecule has 0 saturated carbocycles. The molecule has 0 unspecified atom stereocenters. The molecule has 1 saturated heterocycles. The molecule has 1 amide bonds. The van der Waals surface area contributed by atoms with Gasteiger partial charge in [0.25, 0.3) is 0 Å². The molecule has 0 spiro atoms. The van der Waals surface area contributed by atoms with E-state index in [9.17, 15) is 13.2 Å². The molecule has 0 aliphatic carbocycles. The first-order valence-electron chi connectivity index (χ1n) is 10.5. The molecular weight excluding hydrogens is 446 g/mol. The van der Waals surface area contributed by atoms with Gasteiger partial charge in [-0.15, -0.1) is 0 Å². The van der Waals surface area contributed by atoms with E-state index in [1.165, 1.54) is 34.5 Å². The van der Waals surface area contributed by atoms with Gasteiger partial charge in [-0.2, -0.15) is 0 Å². The first-order valence-corrected chi connectivity index (χ1v) is 12.0. The Morgan fingerprint density at radius 2 is 1.48 bits per heavy atom. The minimum absolute atomic E-state index is 0.177. The number of carbonyl (C=O) groups is 1. The van der Waals surface area contributed by atoms with Crippen molar-refractivity contribution in [2.45, 2.75) is 23.0 Å². The SMILES string of the molecule is COc1ccc(S(=O)(=O)C2CCN(C(=O)/C=C/c3cc(OC)c(OC)c(OC)c3)CC2)cc1. The van der Waals surface area contributed by atoms with Crippen LogP contribution in [-0.4, -0.2) is 66.0 Å². The number of amides is 1. The van der Waals surface area contributed by atoms with Gasteiger partial charge in [-0.05, 0) is 60.9 Å². The fourth-order valence-electron chi connectivity index (χ4n) is 3.81. The van der Waals surface area contributed by atoms with Gasteiger partial charge in [-0.3, -0.25) is 4.79 Å². The number of sulfone groups is 1. The standard InChI is InChI=1S/C24H29NO7S/c1-29-18-6-8-19(9-7-18)33(27,28)20-11-13-25(14-12-20)23(26)10-5-17-15-21(30-2)24(32-4)22(16-17)31-3/h5-10,15-16,20H,11-14H2,1-4H3/b10-5+. The van der Waals surface area contributed by atoms with Crippen molar-refractivity contribution in [2.75, 3.05) is 41.5 Å². The molecule has 1 aliphatic heterocycles. The summed E-state index contributed by atoms with van der Waals surface area (Å²) in [5.41, 5.74) is 0.717. The number of ether oxygens (including phenoxy) is 4. The first-order chi connectivity index (χ1) is 15.8. The molecule has 33 heavy (non-hydrogen) atoms. The third-order valence-corrected chi connectivity index (χ3v) is 7.96. The Kier molecular flexibility index (Phi) is 7.86. The topological polar surface area (TPSA) is 91.4 Å². The summed E-state index contributed by atoms with van der Waals surface area (Å²) in [4.78, 5) is 14.6. The van der Waals surface area contributed by atoms with Crippen LogP contribution in [0, 0.1) is 0 Å². The largest absolute Gasteiger partial charge is 0.497 e. The lowest BCUT2D eigenvalue weighted by Crippen LogP contribution is -2.41. The van der Waals surface area contributed by atoms with E-state index in [2.05, 4.69) is 0 Å². The van der Waals surface area contributed by atoms with E-state index < -0.39 is 15.1 Å². The Hall–Kier alpha value is -3.20. The monoisotopic (exact) mass is 475 g/mol. The molecule has 0 bridgehead atoms. The van der Waals surface area contributed by atoms with Crippen molar-refractivity contribution < 1.29 is 32.2 Å². The Morgan fingerprint density at radius 3 is 1.97 bits per heavy atom. The number of benzene rings is 2. The van der Waals surface area contributed by atoms with Crippen molar-refractivity contribution in [1.29, 1.82) is 0 Å². The van der Waals surface area contributed by atoms with Crippen molar-refractivity contribution in [2.24, 2.45) is 0 Å². The third kappa shape index (κ3) is 5.42. The molecule has 2 aromatic carbocycles. The lowest BCUT2D eigenvalue weighted by atomic mass is 10.1. The van der Waals surface area contributed by atoms with E-state index in [1.54, 1.807) is 47.4 Å².